The monoisotopic (exact) mass is 358 g/mol. The zero-order valence-corrected chi connectivity index (χ0v) is 15.7. The van der Waals surface area contributed by atoms with Gasteiger partial charge in [-0.25, -0.2) is 0 Å². The van der Waals surface area contributed by atoms with Crippen LogP contribution in [0.1, 0.15) is 46.2 Å². The maximum atomic E-state index is 12.2. The van der Waals surface area contributed by atoms with Gasteiger partial charge in [-0.05, 0) is 39.3 Å². The molecule has 1 aromatic heterocycles. The zero-order valence-electron chi connectivity index (χ0n) is 15.7. The molecule has 2 rings (SSSR count). The summed E-state index contributed by atoms with van der Waals surface area (Å²) in [6.45, 7) is 7.83. The Bertz CT molecular complexity index is 801. The van der Waals surface area contributed by atoms with Crippen molar-refractivity contribution in [2.45, 2.75) is 59.1 Å². The van der Waals surface area contributed by atoms with Crippen LogP contribution in [0.25, 0.3) is 11.4 Å². The number of benzene rings is 1. The van der Waals surface area contributed by atoms with E-state index in [-0.39, 0.29) is 42.1 Å². The quantitative estimate of drug-likeness (QED) is 0.755. The molecule has 1 heterocycles. The number of H-pyrrole nitrogens is 1. The third-order valence-corrected chi connectivity index (χ3v) is 3.82. The summed E-state index contributed by atoms with van der Waals surface area (Å²) in [5.41, 5.74) is 0.639. The number of carbonyl (C=O) groups excluding carboxylic acids is 1. The molecule has 0 saturated carbocycles. The second-order valence-electron chi connectivity index (χ2n) is 6.54. The van der Waals surface area contributed by atoms with E-state index in [0.717, 1.165) is 12.0 Å². The fourth-order valence-electron chi connectivity index (χ4n) is 2.31. The molecule has 26 heavy (non-hydrogen) atoms. The molecule has 0 bridgehead atoms. The smallest absolute Gasteiger partial charge is 0.273 e. The predicted molar refractivity (Wildman–Crippen MR) is 100 cm³/mol. The lowest BCUT2D eigenvalue weighted by molar-refractivity contribution is -0.121. The number of hydrogen-bond donors (Lipinski definition) is 2. The van der Waals surface area contributed by atoms with Gasteiger partial charge in [-0.3, -0.25) is 9.59 Å². The highest BCUT2D eigenvalue weighted by Crippen LogP contribution is 2.21. The van der Waals surface area contributed by atoms with Gasteiger partial charge in [-0.1, -0.05) is 19.1 Å². The summed E-state index contributed by atoms with van der Waals surface area (Å²) in [7, 11) is 0. The fraction of sp³-hybridized carbons (Fsp3) is 0.474. The van der Waals surface area contributed by atoms with Crippen LogP contribution in [0.4, 0.5) is 0 Å². The highest BCUT2D eigenvalue weighted by molar-refractivity contribution is 5.76. The second-order valence-corrected chi connectivity index (χ2v) is 6.54. The van der Waals surface area contributed by atoms with Crippen molar-refractivity contribution in [3.8, 4) is 17.1 Å². The van der Waals surface area contributed by atoms with E-state index in [9.17, 15) is 9.59 Å². The number of hydrogen-bond acceptors (Lipinski definition) is 5. The predicted octanol–water partition coefficient (Wildman–Crippen LogP) is 2.47. The topological polar surface area (TPSA) is 97.0 Å². The Balaban J connectivity index is 2.10. The number of amides is 1. The second kappa shape index (κ2) is 9.12. The molecular formula is C19H26N4O3. The van der Waals surface area contributed by atoms with Gasteiger partial charge in [0.2, 0.25) is 5.91 Å². The molecular weight excluding hydrogens is 332 g/mol. The molecule has 1 aromatic carbocycles. The van der Waals surface area contributed by atoms with Crippen LogP contribution in [-0.4, -0.2) is 33.2 Å². The van der Waals surface area contributed by atoms with Crippen LogP contribution in [0.3, 0.4) is 0 Å². The maximum Gasteiger partial charge on any atom is 0.273 e. The minimum atomic E-state index is -0.333. The first-order chi connectivity index (χ1) is 12.4. The van der Waals surface area contributed by atoms with Gasteiger partial charge in [0.1, 0.15) is 11.4 Å². The Morgan fingerprint density at radius 2 is 2.04 bits per heavy atom. The van der Waals surface area contributed by atoms with Crippen LogP contribution >= 0.6 is 0 Å². The number of aryl methyl sites for hydroxylation is 1. The number of ether oxygens (including phenoxy) is 1. The molecule has 1 amide bonds. The molecule has 2 N–H and O–H groups in total. The number of aromatic nitrogens is 3. The SMILES string of the molecule is CCC(C)Oc1cccc(-c2nnc(CCC(=O)NC(C)C)c(=O)[nH]2)c1. The van der Waals surface area contributed by atoms with Crippen molar-refractivity contribution in [3.63, 3.8) is 0 Å². The van der Waals surface area contributed by atoms with E-state index in [2.05, 4.69) is 27.4 Å². The third-order valence-electron chi connectivity index (χ3n) is 3.82. The lowest BCUT2D eigenvalue weighted by Gasteiger charge is -2.13. The number of nitrogens with zero attached hydrogens (tertiary/aromatic N) is 2. The van der Waals surface area contributed by atoms with Crippen LogP contribution in [0.5, 0.6) is 5.75 Å². The molecule has 0 aliphatic carbocycles. The van der Waals surface area contributed by atoms with Gasteiger partial charge in [-0.15, -0.1) is 10.2 Å². The summed E-state index contributed by atoms with van der Waals surface area (Å²) in [5.74, 6) is 0.981. The Morgan fingerprint density at radius 3 is 2.69 bits per heavy atom. The fourth-order valence-corrected chi connectivity index (χ4v) is 2.31. The van der Waals surface area contributed by atoms with Crippen LogP contribution in [0.2, 0.25) is 0 Å². The van der Waals surface area contributed by atoms with E-state index >= 15 is 0 Å². The van der Waals surface area contributed by atoms with E-state index in [0.29, 0.717) is 11.6 Å². The van der Waals surface area contributed by atoms with Crippen molar-refractivity contribution >= 4 is 5.91 Å². The molecule has 0 saturated heterocycles. The summed E-state index contributed by atoms with van der Waals surface area (Å²) < 4.78 is 5.79. The first kappa shape index (κ1) is 19.6. The molecule has 2 aromatic rings. The third kappa shape index (κ3) is 5.68. The molecule has 0 aliphatic heterocycles. The van der Waals surface area contributed by atoms with Crippen molar-refractivity contribution in [2.24, 2.45) is 0 Å². The van der Waals surface area contributed by atoms with Crippen LogP contribution in [0, 0.1) is 0 Å². The largest absolute Gasteiger partial charge is 0.491 e. The summed E-state index contributed by atoms with van der Waals surface area (Å²) in [6.07, 6.45) is 1.46. The van der Waals surface area contributed by atoms with Crippen molar-refractivity contribution in [1.29, 1.82) is 0 Å². The van der Waals surface area contributed by atoms with E-state index in [1.54, 1.807) is 0 Å². The average molecular weight is 358 g/mol. The summed E-state index contributed by atoms with van der Waals surface area (Å²) in [6, 6.07) is 7.43. The van der Waals surface area contributed by atoms with Crippen molar-refractivity contribution in [3.05, 3.63) is 40.3 Å². The molecule has 0 aliphatic rings. The Hall–Kier alpha value is -2.70. The number of nitrogens with one attached hydrogen (secondary N) is 2. The highest BCUT2D eigenvalue weighted by atomic mass is 16.5. The van der Waals surface area contributed by atoms with E-state index in [4.69, 9.17) is 4.74 Å². The molecule has 1 unspecified atom stereocenters. The normalized spacial score (nSPS) is 12.0. The number of aromatic amines is 1. The molecule has 7 heteroatoms. The van der Waals surface area contributed by atoms with Gasteiger partial charge in [0.15, 0.2) is 5.82 Å². The van der Waals surface area contributed by atoms with Gasteiger partial charge in [0, 0.05) is 24.4 Å². The lowest BCUT2D eigenvalue weighted by atomic mass is 10.2. The van der Waals surface area contributed by atoms with Crippen LogP contribution in [-0.2, 0) is 11.2 Å². The standard InChI is InChI=1S/C19H26N4O3/c1-5-13(4)26-15-8-6-7-14(11-15)18-21-19(25)16(22-23-18)9-10-17(24)20-12(2)3/h6-8,11-13H,5,9-10H2,1-4H3,(H,20,24)(H,21,23,25). The molecule has 1 atom stereocenters. The van der Waals surface area contributed by atoms with Gasteiger partial charge in [-0.2, -0.15) is 0 Å². The number of rotatable bonds is 8. The van der Waals surface area contributed by atoms with Crippen LogP contribution in [0.15, 0.2) is 29.1 Å². The highest BCUT2D eigenvalue weighted by Gasteiger charge is 2.11. The number of carbonyl (C=O) groups is 1. The van der Waals surface area contributed by atoms with E-state index in [1.807, 2.05) is 45.0 Å². The Morgan fingerprint density at radius 1 is 1.27 bits per heavy atom. The van der Waals surface area contributed by atoms with Crippen LogP contribution < -0.4 is 15.6 Å². The Kier molecular flexibility index (Phi) is 6.89. The summed E-state index contributed by atoms with van der Waals surface area (Å²) in [4.78, 5) is 26.7. The molecule has 7 nitrogen and oxygen atoms in total. The van der Waals surface area contributed by atoms with Gasteiger partial charge in [0.05, 0.1) is 6.10 Å². The van der Waals surface area contributed by atoms with Gasteiger partial charge in [0.25, 0.3) is 5.56 Å². The average Bonchev–Trinajstić information content (AvgIpc) is 2.60. The molecule has 0 radical (unpaired) electrons. The van der Waals surface area contributed by atoms with E-state index in [1.165, 1.54) is 0 Å². The minimum Gasteiger partial charge on any atom is -0.491 e. The zero-order chi connectivity index (χ0) is 19.1. The van der Waals surface area contributed by atoms with E-state index < -0.39 is 0 Å². The molecule has 140 valence electrons. The maximum absolute atomic E-state index is 12.2. The molecule has 0 fully saturated rings. The van der Waals surface area contributed by atoms with Crippen molar-refractivity contribution in [1.82, 2.24) is 20.5 Å². The first-order valence-corrected chi connectivity index (χ1v) is 8.91. The van der Waals surface area contributed by atoms with Gasteiger partial charge >= 0.3 is 0 Å². The summed E-state index contributed by atoms with van der Waals surface area (Å²) >= 11 is 0. The van der Waals surface area contributed by atoms with Crippen molar-refractivity contribution < 1.29 is 9.53 Å². The minimum absolute atomic E-state index is 0.0687. The van der Waals surface area contributed by atoms with Crippen molar-refractivity contribution in [2.75, 3.05) is 0 Å². The first-order valence-electron chi connectivity index (χ1n) is 8.91. The lowest BCUT2D eigenvalue weighted by Crippen LogP contribution is -2.31. The molecule has 0 spiro atoms. The summed E-state index contributed by atoms with van der Waals surface area (Å²) in [5, 5.41) is 10.9. The Labute approximate surface area is 153 Å². The van der Waals surface area contributed by atoms with Gasteiger partial charge < -0.3 is 15.0 Å².